The van der Waals surface area contributed by atoms with E-state index in [4.69, 9.17) is 16.7 Å². The lowest BCUT2D eigenvalue weighted by molar-refractivity contribution is 0.0946. The summed E-state index contributed by atoms with van der Waals surface area (Å²) < 4.78 is 0. The second-order valence-corrected chi connectivity index (χ2v) is 4.83. The van der Waals surface area contributed by atoms with Gasteiger partial charge < -0.3 is 15.4 Å². The van der Waals surface area contributed by atoms with E-state index in [1.807, 2.05) is 24.3 Å². The van der Waals surface area contributed by atoms with Crippen LogP contribution in [0.5, 0.6) is 0 Å². The molecule has 0 spiro atoms. The van der Waals surface area contributed by atoms with Crippen molar-refractivity contribution >= 4 is 17.5 Å². The summed E-state index contributed by atoms with van der Waals surface area (Å²) in [6, 6.07) is 9.18. The Morgan fingerprint density at radius 1 is 1.38 bits per heavy atom. The lowest BCUT2D eigenvalue weighted by atomic mass is 10.1. The zero-order valence-electron chi connectivity index (χ0n) is 11.3. The average molecular weight is 303 g/mol. The fourth-order valence-corrected chi connectivity index (χ4v) is 1.92. The predicted octanol–water partition coefficient (Wildman–Crippen LogP) is 2.33. The highest BCUT2D eigenvalue weighted by Crippen LogP contribution is 2.10. The summed E-state index contributed by atoms with van der Waals surface area (Å²) in [5.41, 5.74) is 2.24. The first-order chi connectivity index (χ1) is 10.2. The van der Waals surface area contributed by atoms with E-state index < -0.39 is 0 Å². The van der Waals surface area contributed by atoms with Gasteiger partial charge in [-0.15, -0.1) is 0 Å². The largest absolute Gasteiger partial charge is 0.395 e. The SMILES string of the molecule is O=C(NCc1cccc(C#CCCO)c1)c1cc(Cl)c[nH]1. The van der Waals surface area contributed by atoms with Crippen LogP contribution in [0.4, 0.5) is 0 Å². The molecule has 0 saturated heterocycles. The first-order valence-corrected chi connectivity index (χ1v) is 6.87. The number of amides is 1. The zero-order chi connectivity index (χ0) is 15.1. The van der Waals surface area contributed by atoms with Crippen LogP contribution in [0, 0.1) is 11.8 Å². The van der Waals surface area contributed by atoms with Gasteiger partial charge in [0.1, 0.15) is 5.69 Å². The third-order valence-corrected chi connectivity index (χ3v) is 2.96. The Hall–Kier alpha value is -2.22. The molecule has 21 heavy (non-hydrogen) atoms. The molecule has 5 heteroatoms. The van der Waals surface area contributed by atoms with E-state index in [0.29, 0.717) is 23.7 Å². The second-order valence-electron chi connectivity index (χ2n) is 4.39. The van der Waals surface area contributed by atoms with E-state index in [2.05, 4.69) is 22.1 Å². The highest BCUT2D eigenvalue weighted by molar-refractivity contribution is 6.30. The summed E-state index contributed by atoms with van der Waals surface area (Å²) in [7, 11) is 0. The minimum atomic E-state index is -0.210. The molecule has 0 unspecified atom stereocenters. The molecule has 3 N–H and O–H groups in total. The number of rotatable bonds is 4. The monoisotopic (exact) mass is 302 g/mol. The van der Waals surface area contributed by atoms with Crippen molar-refractivity contribution in [3.8, 4) is 11.8 Å². The molecule has 4 nitrogen and oxygen atoms in total. The van der Waals surface area contributed by atoms with Crippen LogP contribution in [0.3, 0.4) is 0 Å². The fraction of sp³-hybridized carbons (Fsp3) is 0.188. The summed E-state index contributed by atoms with van der Waals surface area (Å²) in [5.74, 6) is 5.62. The van der Waals surface area contributed by atoms with Gasteiger partial charge in [-0.2, -0.15) is 0 Å². The van der Waals surface area contributed by atoms with Gasteiger partial charge >= 0.3 is 0 Å². The van der Waals surface area contributed by atoms with E-state index >= 15 is 0 Å². The highest BCUT2D eigenvalue weighted by atomic mass is 35.5. The number of benzene rings is 1. The Labute approximate surface area is 128 Å². The lowest BCUT2D eigenvalue weighted by Gasteiger charge is -2.04. The van der Waals surface area contributed by atoms with Gasteiger partial charge in [0.15, 0.2) is 0 Å². The molecule has 0 aliphatic rings. The number of halogens is 1. The third kappa shape index (κ3) is 4.67. The van der Waals surface area contributed by atoms with Gasteiger partial charge in [0.25, 0.3) is 5.91 Å². The molecular formula is C16H15ClN2O2. The standard InChI is InChI=1S/C16H15ClN2O2/c17-14-9-15(18-11-14)16(21)19-10-13-6-3-5-12(8-13)4-1-2-7-20/h3,5-6,8-9,11,18,20H,2,7,10H2,(H,19,21). The molecule has 0 radical (unpaired) electrons. The highest BCUT2D eigenvalue weighted by Gasteiger charge is 2.07. The van der Waals surface area contributed by atoms with Gasteiger partial charge in [-0.25, -0.2) is 0 Å². The van der Waals surface area contributed by atoms with Crippen LogP contribution < -0.4 is 5.32 Å². The van der Waals surface area contributed by atoms with Gasteiger partial charge in [-0.05, 0) is 23.8 Å². The van der Waals surface area contributed by atoms with Crippen LogP contribution in [0.1, 0.15) is 28.0 Å². The Morgan fingerprint density at radius 2 is 2.24 bits per heavy atom. The van der Waals surface area contributed by atoms with Crippen molar-refractivity contribution in [1.29, 1.82) is 0 Å². The van der Waals surface area contributed by atoms with Crippen molar-refractivity contribution in [3.05, 3.63) is 58.4 Å². The molecular weight excluding hydrogens is 288 g/mol. The number of carbonyl (C=O) groups excluding carboxylic acids is 1. The van der Waals surface area contributed by atoms with E-state index in [1.54, 1.807) is 12.3 Å². The first kappa shape index (κ1) is 15.2. The fourth-order valence-electron chi connectivity index (χ4n) is 1.76. The lowest BCUT2D eigenvalue weighted by Crippen LogP contribution is -2.23. The molecule has 0 aliphatic heterocycles. The van der Waals surface area contributed by atoms with Crippen LogP contribution in [0.15, 0.2) is 36.5 Å². The predicted molar refractivity (Wildman–Crippen MR) is 82.0 cm³/mol. The normalized spacial score (nSPS) is 9.81. The summed E-state index contributed by atoms with van der Waals surface area (Å²) in [6.07, 6.45) is 2.02. The van der Waals surface area contributed by atoms with Crippen molar-refractivity contribution in [1.82, 2.24) is 10.3 Å². The molecule has 0 atom stereocenters. The van der Waals surface area contributed by atoms with E-state index in [1.165, 1.54) is 0 Å². The van der Waals surface area contributed by atoms with Gasteiger partial charge in [-0.3, -0.25) is 4.79 Å². The number of aromatic nitrogens is 1. The minimum Gasteiger partial charge on any atom is -0.395 e. The number of carbonyl (C=O) groups is 1. The molecule has 1 heterocycles. The van der Waals surface area contributed by atoms with E-state index in [0.717, 1.165) is 11.1 Å². The number of hydrogen-bond acceptors (Lipinski definition) is 2. The Bertz CT molecular complexity index is 683. The summed E-state index contributed by atoms with van der Waals surface area (Å²) >= 11 is 5.76. The maximum atomic E-state index is 11.9. The first-order valence-electron chi connectivity index (χ1n) is 6.50. The number of H-pyrrole nitrogens is 1. The molecule has 2 aromatic rings. The minimum absolute atomic E-state index is 0.0570. The molecule has 1 aromatic heterocycles. The van der Waals surface area contributed by atoms with Gasteiger partial charge in [0.05, 0.1) is 11.6 Å². The molecule has 1 amide bonds. The van der Waals surface area contributed by atoms with Crippen LogP contribution in [0.25, 0.3) is 0 Å². The van der Waals surface area contributed by atoms with Crippen molar-refractivity contribution in [3.63, 3.8) is 0 Å². The quantitative estimate of drug-likeness (QED) is 0.759. The van der Waals surface area contributed by atoms with E-state index in [9.17, 15) is 4.79 Å². The van der Waals surface area contributed by atoms with Crippen LogP contribution >= 0.6 is 11.6 Å². The molecule has 0 aliphatic carbocycles. The maximum absolute atomic E-state index is 11.9. The zero-order valence-corrected chi connectivity index (χ0v) is 12.1. The number of hydrogen-bond donors (Lipinski definition) is 3. The topological polar surface area (TPSA) is 65.1 Å². The Balaban J connectivity index is 1.96. The van der Waals surface area contributed by atoms with Crippen molar-refractivity contribution < 1.29 is 9.90 Å². The second kappa shape index (κ2) is 7.53. The van der Waals surface area contributed by atoms with Crippen LogP contribution in [-0.2, 0) is 6.54 Å². The Morgan fingerprint density at radius 3 is 2.95 bits per heavy atom. The molecule has 0 saturated carbocycles. The molecule has 0 fully saturated rings. The molecule has 1 aromatic carbocycles. The summed E-state index contributed by atoms with van der Waals surface area (Å²) in [4.78, 5) is 14.7. The number of nitrogens with one attached hydrogen (secondary N) is 2. The van der Waals surface area contributed by atoms with Gasteiger partial charge in [-0.1, -0.05) is 35.6 Å². The summed E-state index contributed by atoms with van der Waals surface area (Å²) in [5, 5.41) is 12.0. The third-order valence-electron chi connectivity index (χ3n) is 2.74. The molecule has 0 bridgehead atoms. The Kier molecular flexibility index (Phi) is 5.44. The smallest absolute Gasteiger partial charge is 0.268 e. The van der Waals surface area contributed by atoms with Gasteiger partial charge in [0, 0.05) is 24.7 Å². The van der Waals surface area contributed by atoms with Crippen LogP contribution in [0.2, 0.25) is 5.02 Å². The summed E-state index contributed by atoms with van der Waals surface area (Å²) in [6.45, 7) is 0.465. The van der Waals surface area contributed by atoms with Crippen molar-refractivity contribution in [2.24, 2.45) is 0 Å². The average Bonchev–Trinajstić information content (AvgIpc) is 2.92. The number of aromatic amines is 1. The van der Waals surface area contributed by atoms with E-state index in [-0.39, 0.29) is 12.5 Å². The van der Waals surface area contributed by atoms with Crippen molar-refractivity contribution in [2.75, 3.05) is 6.61 Å². The van der Waals surface area contributed by atoms with Crippen molar-refractivity contribution in [2.45, 2.75) is 13.0 Å². The molecule has 108 valence electrons. The number of aliphatic hydroxyl groups excluding tert-OH is 1. The number of aliphatic hydroxyl groups is 1. The van der Waals surface area contributed by atoms with Gasteiger partial charge in [0.2, 0.25) is 0 Å². The maximum Gasteiger partial charge on any atom is 0.268 e. The van der Waals surface area contributed by atoms with Crippen LogP contribution in [-0.4, -0.2) is 22.6 Å². The molecule has 2 rings (SSSR count).